The van der Waals surface area contributed by atoms with Crippen LogP contribution in [-0.4, -0.2) is 89.1 Å². The summed E-state index contributed by atoms with van der Waals surface area (Å²) in [5.41, 5.74) is 0.735. The summed E-state index contributed by atoms with van der Waals surface area (Å²) < 4.78 is 18.3. The molecule has 0 saturated carbocycles. The van der Waals surface area contributed by atoms with Crippen LogP contribution in [0.25, 0.3) is 0 Å². The highest BCUT2D eigenvalue weighted by Crippen LogP contribution is 2.29. The first kappa shape index (κ1) is 30.1. The number of fused-ring (bicyclic) bond motifs is 1. The average Bonchev–Trinajstić information content (AvgIpc) is 2.89. The van der Waals surface area contributed by atoms with Gasteiger partial charge in [-0.2, -0.15) is 0 Å². The van der Waals surface area contributed by atoms with Gasteiger partial charge in [0.05, 0.1) is 13.1 Å². The maximum Gasteiger partial charge on any atom is 0.334 e. The number of esters is 1. The normalized spacial score (nSPS) is 19.8. The lowest BCUT2D eigenvalue weighted by atomic mass is 9.99. The Labute approximate surface area is 229 Å². The van der Waals surface area contributed by atoms with Crippen molar-refractivity contribution in [3.63, 3.8) is 0 Å². The molecule has 3 rings (SSSR count). The number of hydrogen-bond acceptors (Lipinski definition) is 6. The van der Waals surface area contributed by atoms with Crippen LogP contribution < -0.4 is 5.32 Å². The molecule has 39 heavy (non-hydrogen) atoms. The molecule has 0 radical (unpaired) electrons. The minimum atomic E-state index is -0.728. The van der Waals surface area contributed by atoms with E-state index in [9.17, 15) is 23.6 Å². The molecule has 214 valence electrons. The Morgan fingerprint density at radius 3 is 2.59 bits per heavy atom. The maximum absolute atomic E-state index is 13.6. The van der Waals surface area contributed by atoms with Crippen molar-refractivity contribution in [3.05, 3.63) is 48.3 Å². The van der Waals surface area contributed by atoms with Crippen molar-refractivity contribution in [1.82, 2.24) is 25.1 Å². The van der Waals surface area contributed by atoms with E-state index in [1.807, 2.05) is 0 Å². The van der Waals surface area contributed by atoms with E-state index in [0.29, 0.717) is 31.7 Å². The first-order chi connectivity index (χ1) is 18.6. The van der Waals surface area contributed by atoms with Gasteiger partial charge in [0.25, 0.3) is 0 Å². The van der Waals surface area contributed by atoms with Gasteiger partial charge in [0.2, 0.25) is 11.8 Å². The number of rotatable bonds is 12. The average molecular weight is 546 g/mol. The van der Waals surface area contributed by atoms with Crippen molar-refractivity contribution in [2.24, 2.45) is 5.92 Å². The van der Waals surface area contributed by atoms with Gasteiger partial charge >= 0.3 is 12.0 Å². The Morgan fingerprint density at radius 1 is 1.21 bits per heavy atom. The van der Waals surface area contributed by atoms with Gasteiger partial charge in [-0.1, -0.05) is 45.1 Å². The molecule has 2 atom stereocenters. The SMILES string of the molecule is C=CCOC(=O)CCCC[C@H]1C(=O)N(CCC(C)C)C[C@H]2N1C(=O)CN(C)N2C(=O)NCc1ccc(F)cc1. The first-order valence-corrected chi connectivity index (χ1v) is 13.5. The molecule has 2 fully saturated rings. The molecule has 1 aromatic rings. The molecule has 11 heteroatoms. The second-order valence-electron chi connectivity index (χ2n) is 10.4. The second kappa shape index (κ2) is 14.1. The number of unbranched alkanes of at least 4 members (excludes halogenated alkanes) is 1. The molecule has 0 aromatic heterocycles. The Bertz CT molecular complexity index is 1030. The number of carbonyl (C=O) groups is 4. The van der Waals surface area contributed by atoms with Crippen molar-refractivity contribution >= 4 is 23.8 Å². The monoisotopic (exact) mass is 545 g/mol. The standard InChI is InChI=1S/C28H40FN5O5/c1-5-16-39-26(36)9-7-6-8-23-27(37)32(15-14-20(2)3)18-24-33(23)25(35)19-31(4)34(24)28(38)30-17-21-10-12-22(29)13-11-21/h5,10-13,20,23-24H,1,6-9,14-19H2,2-4H3,(H,30,38)/t23-,24-/m0/s1. The van der Waals surface area contributed by atoms with Crippen LogP contribution in [0.4, 0.5) is 9.18 Å². The van der Waals surface area contributed by atoms with Crippen molar-refractivity contribution in [2.75, 3.05) is 33.3 Å². The minimum absolute atomic E-state index is 0.0515. The fraction of sp³-hybridized carbons (Fsp3) is 0.571. The molecule has 2 aliphatic rings. The van der Waals surface area contributed by atoms with Gasteiger partial charge in [-0.15, -0.1) is 0 Å². The summed E-state index contributed by atoms with van der Waals surface area (Å²) in [7, 11) is 1.67. The van der Waals surface area contributed by atoms with Crippen molar-refractivity contribution < 1.29 is 28.3 Å². The summed E-state index contributed by atoms with van der Waals surface area (Å²) in [5.74, 6) is -0.672. The van der Waals surface area contributed by atoms with E-state index < -0.39 is 18.2 Å². The number of nitrogens with zero attached hydrogens (tertiary/aromatic N) is 4. The topological polar surface area (TPSA) is 102 Å². The molecule has 2 saturated heterocycles. The van der Waals surface area contributed by atoms with Gasteiger partial charge in [-0.25, -0.2) is 19.2 Å². The van der Waals surface area contributed by atoms with Gasteiger partial charge in [-0.05, 0) is 42.9 Å². The van der Waals surface area contributed by atoms with E-state index in [1.165, 1.54) is 23.2 Å². The number of amides is 4. The Morgan fingerprint density at radius 2 is 1.92 bits per heavy atom. The van der Waals surface area contributed by atoms with Gasteiger partial charge in [0.15, 0.2) is 0 Å². The van der Waals surface area contributed by atoms with Crippen LogP contribution in [0.1, 0.15) is 51.5 Å². The molecule has 0 spiro atoms. The number of ether oxygens (including phenoxy) is 1. The molecule has 1 aromatic carbocycles. The van der Waals surface area contributed by atoms with Crippen molar-refractivity contribution in [1.29, 1.82) is 0 Å². The third kappa shape index (κ3) is 8.01. The lowest BCUT2D eigenvalue weighted by Gasteiger charge is -2.54. The second-order valence-corrected chi connectivity index (χ2v) is 10.4. The smallest absolute Gasteiger partial charge is 0.334 e. The third-order valence-corrected chi connectivity index (χ3v) is 6.95. The van der Waals surface area contributed by atoms with E-state index in [-0.39, 0.29) is 56.3 Å². The van der Waals surface area contributed by atoms with E-state index in [1.54, 1.807) is 34.0 Å². The highest BCUT2D eigenvalue weighted by atomic mass is 19.1. The minimum Gasteiger partial charge on any atom is -0.461 e. The van der Waals surface area contributed by atoms with E-state index in [4.69, 9.17) is 4.74 Å². The molecule has 4 amide bonds. The number of hydrazine groups is 1. The van der Waals surface area contributed by atoms with Gasteiger partial charge in [-0.3, -0.25) is 14.4 Å². The van der Waals surface area contributed by atoms with Crippen LogP contribution in [0.15, 0.2) is 36.9 Å². The van der Waals surface area contributed by atoms with Crippen LogP contribution in [0.5, 0.6) is 0 Å². The quantitative estimate of drug-likeness (QED) is 0.246. The fourth-order valence-electron chi connectivity index (χ4n) is 4.89. The van der Waals surface area contributed by atoms with Crippen LogP contribution in [-0.2, 0) is 25.7 Å². The van der Waals surface area contributed by atoms with Crippen LogP contribution >= 0.6 is 0 Å². The number of urea groups is 1. The molecule has 0 bridgehead atoms. The Balaban J connectivity index is 1.76. The largest absolute Gasteiger partial charge is 0.461 e. The van der Waals surface area contributed by atoms with Crippen LogP contribution in [0.2, 0.25) is 0 Å². The van der Waals surface area contributed by atoms with E-state index in [0.717, 1.165) is 12.0 Å². The van der Waals surface area contributed by atoms with E-state index in [2.05, 4.69) is 25.7 Å². The van der Waals surface area contributed by atoms with Crippen LogP contribution in [0, 0.1) is 11.7 Å². The number of halogens is 1. The predicted molar refractivity (Wildman–Crippen MR) is 143 cm³/mol. The van der Waals surface area contributed by atoms with Gasteiger partial charge < -0.3 is 19.9 Å². The van der Waals surface area contributed by atoms with Crippen LogP contribution in [0.3, 0.4) is 0 Å². The number of benzene rings is 1. The molecule has 2 heterocycles. The molecular weight excluding hydrogens is 505 g/mol. The number of likely N-dealkylation sites (N-methyl/N-ethyl adjacent to an activating group) is 1. The molecule has 0 unspecified atom stereocenters. The molecule has 2 aliphatic heterocycles. The zero-order chi connectivity index (χ0) is 28.5. The molecule has 1 N–H and O–H groups in total. The summed E-state index contributed by atoms with van der Waals surface area (Å²) in [6.07, 6.45) is 3.27. The number of hydrogen-bond donors (Lipinski definition) is 1. The number of nitrogens with one attached hydrogen (secondary N) is 1. The fourth-order valence-corrected chi connectivity index (χ4v) is 4.89. The van der Waals surface area contributed by atoms with E-state index >= 15 is 0 Å². The Kier molecular flexibility index (Phi) is 10.8. The molecule has 10 nitrogen and oxygen atoms in total. The third-order valence-electron chi connectivity index (χ3n) is 6.95. The number of piperazine rings is 1. The summed E-state index contributed by atoms with van der Waals surface area (Å²) in [6.45, 7) is 8.70. The lowest BCUT2D eigenvalue weighted by Crippen LogP contribution is -2.76. The predicted octanol–water partition coefficient (Wildman–Crippen LogP) is 2.90. The highest BCUT2D eigenvalue weighted by molar-refractivity contribution is 5.91. The van der Waals surface area contributed by atoms with Gasteiger partial charge in [0, 0.05) is 26.6 Å². The molecular formula is C28H40FN5O5. The zero-order valence-electron chi connectivity index (χ0n) is 23.1. The maximum atomic E-state index is 13.6. The number of carbonyl (C=O) groups excluding carboxylic acids is 4. The Hall–Kier alpha value is -3.47. The summed E-state index contributed by atoms with van der Waals surface area (Å²) >= 11 is 0. The lowest BCUT2D eigenvalue weighted by molar-refractivity contribution is -0.187. The zero-order valence-corrected chi connectivity index (χ0v) is 23.1. The van der Waals surface area contributed by atoms with Crippen molar-refractivity contribution in [3.8, 4) is 0 Å². The highest BCUT2D eigenvalue weighted by Gasteiger charge is 2.50. The summed E-state index contributed by atoms with van der Waals surface area (Å²) in [6, 6.07) is 4.72. The van der Waals surface area contributed by atoms with Crippen molar-refractivity contribution in [2.45, 2.75) is 64.7 Å². The molecule has 0 aliphatic carbocycles. The summed E-state index contributed by atoms with van der Waals surface area (Å²) in [5, 5.41) is 5.94. The summed E-state index contributed by atoms with van der Waals surface area (Å²) in [4.78, 5) is 55.3. The first-order valence-electron chi connectivity index (χ1n) is 13.5. The van der Waals surface area contributed by atoms with Gasteiger partial charge in [0.1, 0.15) is 24.6 Å².